The number of esters is 4. The summed E-state index contributed by atoms with van der Waals surface area (Å²) in [5.41, 5.74) is 1.32. The Morgan fingerprint density at radius 2 is 1.25 bits per heavy atom. The molecule has 0 bridgehead atoms. The fourth-order valence-corrected chi connectivity index (χ4v) is 6.22. The van der Waals surface area contributed by atoms with Crippen LogP contribution < -0.4 is 5.32 Å². The average Bonchev–Trinajstić information content (AvgIpc) is 3.22. The van der Waals surface area contributed by atoms with Crippen molar-refractivity contribution in [3.05, 3.63) is 132 Å². The monoisotopic (exact) mass is 825 g/mol. The molecule has 1 saturated heterocycles. The van der Waals surface area contributed by atoms with Crippen LogP contribution in [-0.4, -0.2) is 72.8 Å². The van der Waals surface area contributed by atoms with E-state index in [1.165, 1.54) is 6.92 Å². The first kappa shape index (κ1) is 48.5. The second-order valence-electron chi connectivity index (χ2n) is 14.2. The number of unbranched alkanes of at least 4 members (excludes halogenated alkanes) is 1. The summed E-state index contributed by atoms with van der Waals surface area (Å²) in [5, 5.41) is 2.78. The summed E-state index contributed by atoms with van der Waals surface area (Å²) in [4.78, 5) is 76.9. The Hall–Kier alpha value is -5.88. The highest BCUT2D eigenvalue weighted by Crippen LogP contribution is 2.30. The maximum absolute atomic E-state index is 13.8. The average molecular weight is 826 g/mol. The molecule has 6 atom stereocenters. The molecule has 1 amide bonds. The fourth-order valence-electron chi connectivity index (χ4n) is 6.22. The van der Waals surface area contributed by atoms with Gasteiger partial charge in [-0.1, -0.05) is 116 Å². The molecule has 12 nitrogen and oxygen atoms in total. The van der Waals surface area contributed by atoms with E-state index in [0.717, 1.165) is 46.0 Å². The first-order chi connectivity index (χ1) is 28.9. The van der Waals surface area contributed by atoms with Gasteiger partial charge in [-0.05, 0) is 63.5 Å². The van der Waals surface area contributed by atoms with E-state index >= 15 is 0 Å². The number of hydrogen-bond acceptors (Lipinski definition) is 11. The van der Waals surface area contributed by atoms with E-state index in [0.29, 0.717) is 29.5 Å². The maximum Gasteiger partial charge on any atom is 0.315 e. The van der Waals surface area contributed by atoms with Crippen molar-refractivity contribution in [2.75, 3.05) is 6.61 Å². The van der Waals surface area contributed by atoms with Gasteiger partial charge < -0.3 is 29.0 Å². The van der Waals surface area contributed by atoms with Crippen LogP contribution >= 0.6 is 0 Å². The third kappa shape index (κ3) is 17.5. The summed E-state index contributed by atoms with van der Waals surface area (Å²) < 4.78 is 28.3. The van der Waals surface area contributed by atoms with Gasteiger partial charge in [-0.25, -0.2) is 0 Å². The number of allylic oxidation sites excluding steroid dienone is 10. The van der Waals surface area contributed by atoms with Gasteiger partial charge in [0.05, 0.1) is 5.92 Å². The molecule has 3 unspecified atom stereocenters. The van der Waals surface area contributed by atoms with Crippen LogP contribution in [0.15, 0.2) is 115 Å². The fraction of sp³-hybridized carbons (Fsp3) is 0.417. The number of carbonyl (C=O) groups excluding carboxylic acids is 6. The highest BCUT2D eigenvalue weighted by Gasteiger charge is 2.52. The van der Waals surface area contributed by atoms with Crippen LogP contribution in [0, 0.1) is 0 Å². The molecule has 1 N–H and O–H groups in total. The largest absolute Gasteiger partial charge is 0.463 e. The van der Waals surface area contributed by atoms with Crippen molar-refractivity contribution >= 4 is 35.6 Å². The van der Waals surface area contributed by atoms with E-state index in [9.17, 15) is 28.8 Å². The van der Waals surface area contributed by atoms with Crippen LogP contribution in [0.3, 0.4) is 0 Å². The second-order valence-corrected chi connectivity index (χ2v) is 14.2. The van der Waals surface area contributed by atoms with Crippen molar-refractivity contribution in [1.82, 2.24) is 5.32 Å². The highest BCUT2D eigenvalue weighted by molar-refractivity contribution is 6.09. The van der Waals surface area contributed by atoms with Crippen molar-refractivity contribution in [2.24, 2.45) is 0 Å². The smallest absolute Gasteiger partial charge is 0.315 e. The van der Waals surface area contributed by atoms with Crippen LogP contribution in [0.4, 0.5) is 0 Å². The minimum absolute atomic E-state index is 0.0615. The number of nitrogens with one attached hydrogen (secondary N) is 1. The third-order valence-electron chi connectivity index (χ3n) is 9.23. The standard InChI is InChI=1S/C48H59NO11/c1-6-7-8-9-10-11-12-13-14-15-16-17-18-19-20-21-25-31-42(53)49-43-46(58-37(5)52)45(57-36(4)51)41(33-56-35(3)50)59-48(43)60-47(55)34(2)39-29-26-30-40(32-39)44(54)38-27-23-22-24-28-38/h7-8,10-11,13-14,16-17,19-20,22-24,26-30,32,34,41,43,45-46,48H,6,9,12,15,18,21,25,31,33H2,1-5H3,(H,49,53)/b8-7-,11-10-,14-13-,17-16-,20-19-/t34?,41?,43-,45+,46?,48-/m0/s1. The summed E-state index contributed by atoms with van der Waals surface area (Å²) in [6, 6.07) is 13.9. The summed E-state index contributed by atoms with van der Waals surface area (Å²) in [6.45, 7) is 6.70. The van der Waals surface area contributed by atoms with E-state index in [4.69, 9.17) is 23.7 Å². The van der Waals surface area contributed by atoms with Crippen molar-refractivity contribution in [2.45, 2.75) is 123 Å². The summed E-state index contributed by atoms with van der Waals surface area (Å²) in [7, 11) is 0. The van der Waals surface area contributed by atoms with Gasteiger partial charge in [-0.3, -0.25) is 28.8 Å². The zero-order valence-electron chi connectivity index (χ0n) is 35.3. The minimum Gasteiger partial charge on any atom is -0.463 e. The number of carbonyl (C=O) groups is 6. The molecule has 322 valence electrons. The topological polar surface area (TPSA) is 161 Å². The van der Waals surface area contributed by atoms with Crippen molar-refractivity contribution in [1.29, 1.82) is 0 Å². The highest BCUT2D eigenvalue weighted by atomic mass is 16.7. The zero-order valence-corrected chi connectivity index (χ0v) is 35.3. The van der Waals surface area contributed by atoms with Crippen LogP contribution in [0.1, 0.15) is 113 Å². The quantitative estimate of drug-likeness (QED) is 0.0379. The lowest BCUT2D eigenvalue weighted by Crippen LogP contribution is -2.67. The Kier molecular flexibility index (Phi) is 21.8. The Balaban J connectivity index is 1.70. The van der Waals surface area contributed by atoms with E-state index in [-0.39, 0.29) is 12.2 Å². The number of benzene rings is 2. The lowest BCUT2D eigenvalue weighted by Gasteiger charge is -2.44. The zero-order chi connectivity index (χ0) is 43.7. The van der Waals surface area contributed by atoms with Crippen LogP contribution in [0.2, 0.25) is 0 Å². The molecule has 0 spiro atoms. The molecule has 0 aromatic heterocycles. The molecule has 1 aliphatic rings. The van der Waals surface area contributed by atoms with Crippen molar-refractivity contribution in [3.63, 3.8) is 0 Å². The molecule has 2 aromatic rings. The number of amides is 1. The predicted molar refractivity (Wildman–Crippen MR) is 227 cm³/mol. The summed E-state index contributed by atoms with van der Waals surface area (Å²) in [5.74, 6) is -4.62. The molecule has 1 heterocycles. The van der Waals surface area contributed by atoms with Gasteiger partial charge in [0.1, 0.15) is 18.8 Å². The molecule has 60 heavy (non-hydrogen) atoms. The number of hydrogen-bond donors (Lipinski definition) is 1. The van der Waals surface area contributed by atoms with Gasteiger partial charge in [0.15, 0.2) is 18.0 Å². The van der Waals surface area contributed by atoms with Crippen molar-refractivity contribution < 1.29 is 52.5 Å². The van der Waals surface area contributed by atoms with E-state index in [2.05, 4.69) is 60.8 Å². The molecule has 0 radical (unpaired) electrons. The SMILES string of the molecule is CC/C=C\C/C=C\C/C=C\C/C=C\C/C=C\CCCC(=O)N[C@H]1C(OC(C)=O)[C@H](OC(C)=O)C(COC(C)=O)O[C@H]1OC(=O)C(C)c1cccc(C(=O)c2ccccc2)c1. The summed E-state index contributed by atoms with van der Waals surface area (Å²) >= 11 is 0. The normalized spacial score (nSPS) is 19.8. The van der Waals surface area contributed by atoms with Gasteiger partial charge in [0.25, 0.3) is 0 Å². The molecule has 0 aliphatic carbocycles. The Morgan fingerprint density at radius 1 is 0.683 bits per heavy atom. The number of ketones is 1. The number of rotatable bonds is 23. The third-order valence-corrected chi connectivity index (χ3v) is 9.23. The molecule has 12 heteroatoms. The van der Waals surface area contributed by atoms with Crippen LogP contribution in [0.5, 0.6) is 0 Å². The molecule has 1 fully saturated rings. The first-order valence-electron chi connectivity index (χ1n) is 20.5. The molecule has 2 aromatic carbocycles. The van der Waals surface area contributed by atoms with Gasteiger partial charge >= 0.3 is 23.9 Å². The van der Waals surface area contributed by atoms with Crippen LogP contribution in [-0.2, 0) is 47.7 Å². The van der Waals surface area contributed by atoms with Gasteiger partial charge in [-0.15, -0.1) is 0 Å². The molecular formula is C48H59NO11. The maximum atomic E-state index is 13.8. The lowest BCUT2D eigenvalue weighted by atomic mass is 9.94. The Bertz CT molecular complexity index is 1860. The minimum atomic E-state index is -1.58. The van der Waals surface area contributed by atoms with Gasteiger partial charge in [0.2, 0.25) is 12.2 Å². The van der Waals surface area contributed by atoms with E-state index < -0.39 is 73.0 Å². The van der Waals surface area contributed by atoms with E-state index in [1.807, 2.05) is 12.2 Å². The van der Waals surface area contributed by atoms with Gasteiger partial charge in [-0.2, -0.15) is 0 Å². The van der Waals surface area contributed by atoms with Gasteiger partial charge in [0, 0.05) is 38.3 Å². The lowest BCUT2D eigenvalue weighted by molar-refractivity contribution is -0.272. The first-order valence-corrected chi connectivity index (χ1v) is 20.5. The molecule has 1 aliphatic heterocycles. The molecule has 3 rings (SSSR count). The summed E-state index contributed by atoms with van der Waals surface area (Å²) in [6.07, 6.45) is 21.1. The number of ether oxygens (including phenoxy) is 5. The predicted octanol–water partition coefficient (Wildman–Crippen LogP) is 8.12. The van der Waals surface area contributed by atoms with Crippen molar-refractivity contribution in [3.8, 4) is 0 Å². The Labute approximate surface area is 353 Å². The Morgan fingerprint density at radius 3 is 1.83 bits per heavy atom. The van der Waals surface area contributed by atoms with Crippen LogP contribution in [0.25, 0.3) is 0 Å². The molecule has 0 saturated carbocycles. The molecular weight excluding hydrogens is 767 g/mol. The second kappa shape index (κ2) is 27.0. The van der Waals surface area contributed by atoms with E-state index in [1.54, 1.807) is 61.5 Å².